The summed E-state index contributed by atoms with van der Waals surface area (Å²) in [5.74, 6) is -0.800. The summed E-state index contributed by atoms with van der Waals surface area (Å²) in [4.78, 5) is 41.9. The lowest BCUT2D eigenvalue weighted by molar-refractivity contribution is -0.143. The van der Waals surface area contributed by atoms with E-state index >= 15 is 0 Å². The molecule has 1 unspecified atom stereocenters. The summed E-state index contributed by atoms with van der Waals surface area (Å²) in [5, 5.41) is 0. The number of alkyl halides is 6. The molecule has 2 fully saturated rings. The summed E-state index contributed by atoms with van der Waals surface area (Å²) in [6.07, 6.45) is -10.0. The highest BCUT2D eigenvalue weighted by Gasteiger charge is 2.41. The molecule has 4 rings (SSSR count). The number of piperidine rings is 1. The maximum absolute atomic E-state index is 13.6. The summed E-state index contributed by atoms with van der Waals surface area (Å²) >= 11 is 0. The van der Waals surface area contributed by atoms with E-state index in [1.165, 1.54) is 11.9 Å². The van der Waals surface area contributed by atoms with Gasteiger partial charge in [0.05, 0.1) is 11.1 Å². The van der Waals surface area contributed by atoms with Gasteiger partial charge in [-0.2, -0.15) is 26.3 Å². The monoisotopic (exact) mass is 571 g/mol. The first-order chi connectivity index (χ1) is 18.8. The Bertz CT molecular complexity index is 1190. The molecule has 0 aliphatic carbocycles. The fourth-order valence-electron chi connectivity index (χ4n) is 5.04. The van der Waals surface area contributed by atoms with Gasteiger partial charge < -0.3 is 9.64 Å². The van der Waals surface area contributed by atoms with E-state index in [2.05, 4.69) is 0 Å². The average Bonchev–Trinajstić information content (AvgIpc) is 3.24. The van der Waals surface area contributed by atoms with Gasteiger partial charge in [-0.05, 0) is 48.6 Å². The molecule has 0 saturated carbocycles. The Morgan fingerprint density at radius 3 is 2.05 bits per heavy atom. The topological polar surface area (TPSA) is 70.2 Å². The van der Waals surface area contributed by atoms with Crippen LogP contribution in [0.3, 0.4) is 0 Å². The van der Waals surface area contributed by atoms with Crippen LogP contribution in [0.1, 0.15) is 41.1 Å². The number of likely N-dealkylation sites (N-methyl/N-ethyl adjacent to an activating group) is 1. The van der Waals surface area contributed by atoms with Crippen molar-refractivity contribution in [3.63, 3.8) is 0 Å². The van der Waals surface area contributed by atoms with Crippen LogP contribution in [0.4, 0.5) is 31.1 Å². The number of likely N-dealkylation sites (tertiary alicyclic amines) is 1. The molecule has 2 aromatic rings. The number of imide groups is 1. The zero-order valence-electron chi connectivity index (χ0n) is 21.5. The molecule has 216 valence electrons. The van der Waals surface area contributed by atoms with Crippen molar-refractivity contribution in [1.82, 2.24) is 14.7 Å². The van der Waals surface area contributed by atoms with Crippen molar-refractivity contribution >= 4 is 17.9 Å². The number of hydrogen-bond donors (Lipinski definition) is 0. The fourth-order valence-corrected chi connectivity index (χ4v) is 5.04. The molecule has 0 aromatic heterocycles. The molecule has 2 aliphatic rings. The third-order valence-corrected chi connectivity index (χ3v) is 7.12. The lowest BCUT2D eigenvalue weighted by Gasteiger charge is -2.39. The maximum atomic E-state index is 13.6. The molecule has 0 bridgehead atoms. The summed E-state index contributed by atoms with van der Waals surface area (Å²) in [6, 6.07) is 9.05. The van der Waals surface area contributed by atoms with Gasteiger partial charge in [0.1, 0.15) is 6.04 Å². The third kappa shape index (κ3) is 6.57. The Balaban J connectivity index is 1.49. The van der Waals surface area contributed by atoms with Crippen molar-refractivity contribution in [2.45, 2.75) is 43.7 Å². The fraction of sp³-hybridized carbons (Fsp3) is 0.444. The van der Waals surface area contributed by atoms with Crippen LogP contribution in [-0.2, 0) is 33.1 Å². The van der Waals surface area contributed by atoms with Gasteiger partial charge in [-0.3, -0.25) is 14.5 Å². The lowest BCUT2D eigenvalue weighted by atomic mass is 9.97. The molecule has 13 heteroatoms. The molecule has 2 aromatic carbocycles. The van der Waals surface area contributed by atoms with Gasteiger partial charge >= 0.3 is 18.4 Å². The van der Waals surface area contributed by atoms with Gasteiger partial charge in [-0.15, -0.1) is 0 Å². The van der Waals surface area contributed by atoms with Crippen LogP contribution < -0.4 is 0 Å². The maximum Gasteiger partial charge on any atom is 0.417 e. The number of amides is 3. The van der Waals surface area contributed by atoms with E-state index in [1.54, 1.807) is 30.3 Å². The summed E-state index contributed by atoms with van der Waals surface area (Å²) in [7, 11) is 1.45. The van der Waals surface area contributed by atoms with Crippen molar-refractivity contribution in [2.75, 3.05) is 33.3 Å². The van der Waals surface area contributed by atoms with Crippen molar-refractivity contribution < 1.29 is 45.5 Å². The number of carbonyl (C=O) groups is 3. The highest BCUT2D eigenvalue weighted by Crippen LogP contribution is 2.36. The largest absolute Gasteiger partial charge is 0.439 e. The minimum Gasteiger partial charge on any atom is -0.439 e. The highest BCUT2D eigenvalue weighted by molar-refractivity contribution is 5.98. The summed E-state index contributed by atoms with van der Waals surface area (Å²) in [6.45, 7) is 0.309. The van der Waals surface area contributed by atoms with Gasteiger partial charge in [0.15, 0.2) is 6.61 Å². The number of nitrogens with zero attached hydrogens (tertiary/aromatic N) is 3. The quantitative estimate of drug-likeness (QED) is 0.442. The second-order valence-electron chi connectivity index (χ2n) is 9.82. The number of ether oxygens (including phenoxy) is 1. The minimum atomic E-state index is -4.96. The molecule has 0 spiro atoms. The Kier molecular flexibility index (Phi) is 8.43. The first-order valence-corrected chi connectivity index (χ1v) is 12.6. The lowest BCUT2D eigenvalue weighted by Crippen LogP contribution is -2.50. The molecule has 7 nitrogen and oxygen atoms in total. The van der Waals surface area contributed by atoms with E-state index in [4.69, 9.17) is 4.74 Å². The molecular weight excluding hydrogens is 544 g/mol. The second-order valence-corrected chi connectivity index (χ2v) is 9.82. The van der Waals surface area contributed by atoms with E-state index < -0.39 is 41.5 Å². The highest BCUT2D eigenvalue weighted by atomic mass is 19.4. The van der Waals surface area contributed by atoms with Crippen LogP contribution >= 0.6 is 0 Å². The molecule has 1 atom stereocenters. The second kappa shape index (κ2) is 11.5. The van der Waals surface area contributed by atoms with E-state index in [0.29, 0.717) is 43.6 Å². The van der Waals surface area contributed by atoms with Crippen LogP contribution in [0.5, 0.6) is 0 Å². The van der Waals surface area contributed by atoms with E-state index in [1.807, 2.05) is 4.90 Å². The van der Waals surface area contributed by atoms with Crippen molar-refractivity contribution in [3.05, 3.63) is 70.8 Å². The predicted molar refractivity (Wildman–Crippen MR) is 130 cm³/mol. The predicted octanol–water partition coefficient (Wildman–Crippen LogP) is 4.91. The van der Waals surface area contributed by atoms with Crippen molar-refractivity contribution in [2.24, 2.45) is 0 Å². The van der Waals surface area contributed by atoms with Crippen LogP contribution in [0, 0.1) is 0 Å². The normalized spacial score (nSPS) is 18.1. The standard InChI is InChI=1S/C27H27F6N3O4/c1-34(10-7-17-13-19(26(28,29)30)15-20(14-17)27(31,32)33)24(38)23(18-5-3-2-4-6-18)35-11-8-21(9-12-35)36-22(37)16-40-25(36)39/h2-6,13-15,21,23H,7-12,16H2,1H3. The molecule has 0 radical (unpaired) electrons. The number of rotatable bonds is 7. The van der Waals surface area contributed by atoms with Crippen LogP contribution in [-0.4, -0.2) is 71.9 Å². The molecule has 0 N–H and O–H groups in total. The third-order valence-electron chi connectivity index (χ3n) is 7.12. The smallest absolute Gasteiger partial charge is 0.417 e. The van der Waals surface area contributed by atoms with Gasteiger partial charge in [-0.1, -0.05) is 30.3 Å². The Hall–Kier alpha value is -3.61. The van der Waals surface area contributed by atoms with E-state index in [9.17, 15) is 40.7 Å². The van der Waals surface area contributed by atoms with Gasteiger partial charge in [-0.25, -0.2) is 9.69 Å². The van der Waals surface area contributed by atoms with E-state index in [0.717, 1.165) is 4.90 Å². The molecule has 2 saturated heterocycles. The summed E-state index contributed by atoms with van der Waals surface area (Å²) < 4.78 is 84.3. The molecule has 2 aliphatic heterocycles. The molecule has 3 amide bonds. The van der Waals surface area contributed by atoms with Crippen molar-refractivity contribution in [3.8, 4) is 0 Å². The summed E-state index contributed by atoms with van der Waals surface area (Å²) in [5.41, 5.74) is -2.35. The van der Waals surface area contributed by atoms with Crippen LogP contribution in [0.15, 0.2) is 48.5 Å². The van der Waals surface area contributed by atoms with Gasteiger partial charge in [0, 0.05) is 32.7 Å². The molecular formula is C27H27F6N3O4. The average molecular weight is 572 g/mol. The SMILES string of the molecule is CN(CCc1cc(C(F)(F)F)cc(C(F)(F)F)c1)C(=O)C(c1ccccc1)N1CCC(N2C(=O)COC2=O)CC1. The van der Waals surface area contributed by atoms with Crippen LogP contribution in [0.2, 0.25) is 0 Å². The minimum absolute atomic E-state index is 0.0722. The molecule has 2 heterocycles. The number of cyclic esters (lactones) is 1. The number of hydrogen-bond acceptors (Lipinski definition) is 5. The first kappa shape index (κ1) is 29.4. The number of carbonyl (C=O) groups excluding carboxylic acids is 3. The van der Waals surface area contributed by atoms with Gasteiger partial charge in [0.25, 0.3) is 5.91 Å². The zero-order valence-corrected chi connectivity index (χ0v) is 21.5. The Morgan fingerprint density at radius 2 is 1.55 bits per heavy atom. The van der Waals surface area contributed by atoms with Crippen molar-refractivity contribution in [1.29, 1.82) is 0 Å². The molecule has 40 heavy (non-hydrogen) atoms. The zero-order chi connectivity index (χ0) is 29.2. The number of benzene rings is 2. The van der Waals surface area contributed by atoms with Crippen LogP contribution in [0.25, 0.3) is 0 Å². The van der Waals surface area contributed by atoms with E-state index in [-0.39, 0.29) is 43.2 Å². The Labute approximate surface area is 226 Å². The Morgan fingerprint density at radius 1 is 0.975 bits per heavy atom. The first-order valence-electron chi connectivity index (χ1n) is 12.6. The van der Waals surface area contributed by atoms with Gasteiger partial charge in [0.2, 0.25) is 5.91 Å². The number of halogens is 6.